The number of phenolic OH excluding ortho intramolecular Hbond substituents is 1. The first-order chi connectivity index (χ1) is 9.18. The molecule has 3 nitrogen and oxygen atoms in total. The van der Waals surface area contributed by atoms with Crippen molar-refractivity contribution in [3.05, 3.63) is 29.1 Å². The molecular weight excluding hydrogens is 243 g/mol. The first-order valence-corrected chi connectivity index (χ1v) is 7.11. The van der Waals surface area contributed by atoms with E-state index in [1.807, 2.05) is 6.07 Å². The molecule has 2 fully saturated rings. The lowest BCUT2D eigenvalue weighted by molar-refractivity contribution is 0.153. The molecule has 0 bridgehead atoms. The number of benzene rings is 1. The molecule has 1 heterocycles. The van der Waals surface area contributed by atoms with Gasteiger partial charge in [0.1, 0.15) is 0 Å². The number of phenols is 1. The third-order valence-corrected chi connectivity index (χ3v) is 4.27. The van der Waals surface area contributed by atoms with Gasteiger partial charge < -0.3 is 10.4 Å². The largest absolute Gasteiger partial charge is 0.505 e. The van der Waals surface area contributed by atoms with E-state index < -0.39 is 5.82 Å². The minimum atomic E-state index is -0.460. The first kappa shape index (κ1) is 12.9. The van der Waals surface area contributed by atoms with Crippen molar-refractivity contribution in [2.45, 2.75) is 25.8 Å². The molecule has 1 saturated carbocycles. The van der Waals surface area contributed by atoms with Crippen LogP contribution in [-0.4, -0.2) is 36.2 Å². The Kier molecular flexibility index (Phi) is 3.46. The molecule has 19 heavy (non-hydrogen) atoms. The van der Waals surface area contributed by atoms with Crippen LogP contribution in [0.2, 0.25) is 0 Å². The smallest absolute Gasteiger partial charge is 0.168 e. The van der Waals surface area contributed by atoms with Gasteiger partial charge in [0.25, 0.3) is 0 Å². The summed E-state index contributed by atoms with van der Waals surface area (Å²) in [5.74, 6) is -0.0279. The van der Waals surface area contributed by atoms with E-state index in [2.05, 4.69) is 10.2 Å². The normalized spacial score (nSPS) is 22.4. The topological polar surface area (TPSA) is 35.5 Å². The van der Waals surface area contributed by atoms with Gasteiger partial charge in [-0.15, -0.1) is 0 Å². The Hall–Kier alpha value is -1.13. The molecule has 0 amide bonds. The molecule has 0 unspecified atom stereocenters. The first-order valence-electron chi connectivity index (χ1n) is 7.11. The molecule has 1 saturated heterocycles. The second kappa shape index (κ2) is 5.10. The molecule has 1 aromatic rings. The predicted molar refractivity (Wildman–Crippen MR) is 72.7 cm³/mol. The quantitative estimate of drug-likeness (QED) is 0.878. The molecule has 1 aliphatic heterocycles. The number of hydrogen-bond donors (Lipinski definition) is 2. The summed E-state index contributed by atoms with van der Waals surface area (Å²) in [4.78, 5) is 2.39. The van der Waals surface area contributed by atoms with E-state index in [1.165, 1.54) is 12.8 Å². The van der Waals surface area contributed by atoms with Crippen molar-refractivity contribution in [2.24, 2.45) is 5.92 Å². The van der Waals surface area contributed by atoms with Gasteiger partial charge in [-0.05, 0) is 31.2 Å². The summed E-state index contributed by atoms with van der Waals surface area (Å²) < 4.78 is 13.9. The Morgan fingerprint density at radius 3 is 2.63 bits per heavy atom. The van der Waals surface area contributed by atoms with Gasteiger partial charge >= 0.3 is 0 Å². The summed E-state index contributed by atoms with van der Waals surface area (Å²) >= 11 is 0. The molecule has 0 aromatic heterocycles. The highest BCUT2D eigenvalue weighted by Gasteiger charge is 2.38. The Morgan fingerprint density at radius 2 is 2.00 bits per heavy atom. The summed E-state index contributed by atoms with van der Waals surface area (Å²) in [6, 6.07) is 3.86. The number of halogens is 1. The molecule has 1 atom stereocenters. The van der Waals surface area contributed by atoms with Crippen LogP contribution in [-0.2, 0) is 0 Å². The summed E-state index contributed by atoms with van der Waals surface area (Å²) in [6.07, 6.45) is 2.37. The fraction of sp³-hybridized carbons (Fsp3) is 0.600. The Labute approximate surface area is 113 Å². The lowest BCUT2D eigenvalue weighted by Gasteiger charge is -2.35. The zero-order valence-electron chi connectivity index (χ0n) is 11.3. The van der Waals surface area contributed by atoms with Gasteiger partial charge in [-0.1, -0.05) is 12.1 Å². The third kappa shape index (κ3) is 2.47. The van der Waals surface area contributed by atoms with Gasteiger partial charge in [0, 0.05) is 37.8 Å². The molecule has 4 heteroatoms. The predicted octanol–water partition coefficient (Wildman–Crippen LogP) is 2.20. The van der Waals surface area contributed by atoms with Crippen LogP contribution in [0.4, 0.5) is 4.39 Å². The summed E-state index contributed by atoms with van der Waals surface area (Å²) in [7, 11) is 0. The molecule has 0 spiro atoms. The summed E-state index contributed by atoms with van der Waals surface area (Å²) in [6.45, 7) is 5.57. The lowest BCUT2D eigenvalue weighted by Crippen LogP contribution is -2.45. The van der Waals surface area contributed by atoms with E-state index in [0.29, 0.717) is 11.5 Å². The molecule has 1 aliphatic carbocycles. The number of aryl methyl sites for hydroxylation is 1. The van der Waals surface area contributed by atoms with E-state index in [1.54, 1.807) is 13.0 Å². The van der Waals surface area contributed by atoms with Crippen molar-refractivity contribution in [1.29, 1.82) is 0 Å². The van der Waals surface area contributed by atoms with E-state index in [0.717, 1.165) is 31.7 Å². The maximum atomic E-state index is 13.9. The summed E-state index contributed by atoms with van der Waals surface area (Å²) in [5, 5.41) is 13.5. The maximum Gasteiger partial charge on any atom is 0.168 e. The lowest BCUT2D eigenvalue weighted by atomic mass is 9.97. The zero-order valence-corrected chi connectivity index (χ0v) is 11.3. The van der Waals surface area contributed by atoms with E-state index in [9.17, 15) is 9.50 Å². The Balaban J connectivity index is 1.93. The number of aromatic hydroxyl groups is 1. The molecule has 104 valence electrons. The van der Waals surface area contributed by atoms with Gasteiger partial charge in [-0.25, -0.2) is 4.39 Å². The van der Waals surface area contributed by atoms with Crippen molar-refractivity contribution in [2.75, 3.05) is 26.2 Å². The van der Waals surface area contributed by atoms with E-state index >= 15 is 0 Å². The Morgan fingerprint density at radius 1 is 1.32 bits per heavy atom. The van der Waals surface area contributed by atoms with Crippen molar-refractivity contribution in [3.63, 3.8) is 0 Å². The van der Waals surface area contributed by atoms with Crippen LogP contribution in [0.3, 0.4) is 0 Å². The second-order valence-corrected chi connectivity index (χ2v) is 5.70. The number of nitrogens with one attached hydrogen (secondary N) is 1. The monoisotopic (exact) mass is 264 g/mol. The van der Waals surface area contributed by atoms with Crippen molar-refractivity contribution in [1.82, 2.24) is 10.2 Å². The average molecular weight is 264 g/mol. The maximum absolute atomic E-state index is 13.9. The fourth-order valence-corrected chi connectivity index (χ4v) is 3.04. The van der Waals surface area contributed by atoms with Gasteiger partial charge in [-0.2, -0.15) is 0 Å². The zero-order chi connectivity index (χ0) is 13.4. The van der Waals surface area contributed by atoms with E-state index in [4.69, 9.17) is 0 Å². The highest BCUT2D eigenvalue weighted by atomic mass is 19.1. The van der Waals surface area contributed by atoms with E-state index in [-0.39, 0.29) is 11.8 Å². The minimum absolute atomic E-state index is 0.143. The molecule has 2 aliphatic rings. The van der Waals surface area contributed by atoms with Crippen molar-refractivity contribution < 1.29 is 9.50 Å². The average Bonchev–Trinajstić information content (AvgIpc) is 3.25. The van der Waals surface area contributed by atoms with Gasteiger partial charge in [0.05, 0.1) is 0 Å². The number of piperazine rings is 1. The van der Waals surface area contributed by atoms with Crippen LogP contribution < -0.4 is 5.32 Å². The molecule has 2 N–H and O–H groups in total. The molecular formula is C15H21FN2O. The third-order valence-electron chi connectivity index (χ3n) is 4.27. The highest BCUT2D eigenvalue weighted by Crippen LogP contribution is 2.47. The standard InChI is InChI=1S/C15H21FN2O/c1-10-2-5-12(15(19)13(10)16)14(11-3-4-11)18-8-6-17-7-9-18/h2,5,11,14,17,19H,3-4,6-9H2,1H3/t14-/m1/s1. The highest BCUT2D eigenvalue weighted by molar-refractivity contribution is 5.40. The van der Waals surface area contributed by atoms with Crippen LogP contribution in [0, 0.1) is 18.7 Å². The SMILES string of the molecule is Cc1ccc([C@@H](C2CC2)N2CCNCC2)c(O)c1F. The second-order valence-electron chi connectivity index (χ2n) is 5.70. The van der Waals surface area contributed by atoms with Crippen molar-refractivity contribution >= 4 is 0 Å². The number of rotatable bonds is 3. The number of nitrogens with zero attached hydrogens (tertiary/aromatic N) is 1. The van der Waals surface area contributed by atoms with Crippen LogP contribution in [0.25, 0.3) is 0 Å². The number of hydrogen-bond acceptors (Lipinski definition) is 3. The minimum Gasteiger partial charge on any atom is -0.505 e. The van der Waals surface area contributed by atoms with Gasteiger partial charge in [-0.3, -0.25) is 4.90 Å². The van der Waals surface area contributed by atoms with Gasteiger partial charge in [0.2, 0.25) is 0 Å². The molecule has 1 aromatic carbocycles. The van der Waals surface area contributed by atoms with Crippen LogP contribution >= 0.6 is 0 Å². The van der Waals surface area contributed by atoms with Crippen LogP contribution in [0.15, 0.2) is 12.1 Å². The fourth-order valence-electron chi connectivity index (χ4n) is 3.04. The van der Waals surface area contributed by atoms with Gasteiger partial charge in [0.15, 0.2) is 11.6 Å². The van der Waals surface area contributed by atoms with Crippen LogP contribution in [0.5, 0.6) is 5.75 Å². The Bertz CT molecular complexity index is 467. The van der Waals surface area contributed by atoms with Crippen molar-refractivity contribution in [3.8, 4) is 5.75 Å². The van der Waals surface area contributed by atoms with Crippen LogP contribution in [0.1, 0.15) is 30.0 Å². The molecule has 3 rings (SSSR count). The molecule has 0 radical (unpaired) electrons. The summed E-state index contributed by atoms with van der Waals surface area (Å²) in [5.41, 5.74) is 1.28.